The van der Waals surface area contributed by atoms with Gasteiger partial charge in [0.2, 0.25) is 11.8 Å². The number of nitrogens with zero attached hydrogens (tertiary/aromatic N) is 1. The van der Waals surface area contributed by atoms with Crippen LogP contribution in [0, 0.1) is 5.82 Å². The summed E-state index contributed by atoms with van der Waals surface area (Å²) in [7, 11) is 0. The number of hydrogen-bond donors (Lipinski definition) is 1. The minimum Gasteiger partial charge on any atom is -0.494 e. The van der Waals surface area contributed by atoms with Crippen LogP contribution in [0.2, 0.25) is 5.02 Å². The van der Waals surface area contributed by atoms with Gasteiger partial charge < -0.3 is 15.0 Å². The third-order valence-electron chi connectivity index (χ3n) is 5.59. The zero-order valence-corrected chi connectivity index (χ0v) is 21.4. The van der Waals surface area contributed by atoms with Gasteiger partial charge >= 0.3 is 0 Å². The van der Waals surface area contributed by atoms with Crippen molar-refractivity contribution in [3.63, 3.8) is 0 Å². The van der Waals surface area contributed by atoms with E-state index in [1.807, 2.05) is 44.2 Å². The van der Waals surface area contributed by atoms with Gasteiger partial charge in [0.15, 0.2) is 0 Å². The highest BCUT2D eigenvalue weighted by Crippen LogP contribution is 2.18. The van der Waals surface area contributed by atoms with Crippen LogP contribution in [0.5, 0.6) is 5.75 Å². The fourth-order valence-corrected chi connectivity index (χ4v) is 3.94. The summed E-state index contributed by atoms with van der Waals surface area (Å²) in [6.07, 6.45) is 1.05. The molecule has 5 nitrogen and oxygen atoms in total. The van der Waals surface area contributed by atoms with E-state index in [0.717, 1.165) is 11.1 Å². The molecule has 1 N–H and O–H groups in total. The summed E-state index contributed by atoms with van der Waals surface area (Å²) in [4.78, 5) is 28.4. The van der Waals surface area contributed by atoms with Crippen molar-refractivity contribution in [1.82, 2.24) is 10.2 Å². The molecular formula is C29H32ClFN2O3. The van der Waals surface area contributed by atoms with E-state index in [2.05, 4.69) is 5.32 Å². The predicted molar refractivity (Wildman–Crippen MR) is 140 cm³/mol. The molecule has 0 unspecified atom stereocenters. The van der Waals surface area contributed by atoms with Crippen LogP contribution in [0.3, 0.4) is 0 Å². The molecule has 7 heteroatoms. The first-order valence-electron chi connectivity index (χ1n) is 12.1. The van der Waals surface area contributed by atoms with Crippen molar-refractivity contribution < 1.29 is 18.7 Å². The molecule has 0 aliphatic heterocycles. The van der Waals surface area contributed by atoms with Gasteiger partial charge in [-0.05, 0) is 67.8 Å². The monoisotopic (exact) mass is 510 g/mol. The number of amides is 2. The van der Waals surface area contributed by atoms with Gasteiger partial charge in [0.1, 0.15) is 17.6 Å². The molecule has 3 aromatic rings. The summed E-state index contributed by atoms with van der Waals surface area (Å²) in [6.45, 7) is 4.31. The number of carbonyl (C=O) groups is 2. The van der Waals surface area contributed by atoms with Crippen LogP contribution >= 0.6 is 11.6 Å². The van der Waals surface area contributed by atoms with Gasteiger partial charge in [-0.1, -0.05) is 54.1 Å². The molecule has 0 aliphatic rings. The molecule has 3 aromatic carbocycles. The molecule has 0 spiro atoms. The molecule has 0 fully saturated rings. The predicted octanol–water partition coefficient (Wildman–Crippen LogP) is 5.80. The van der Waals surface area contributed by atoms with Gasteiger partial charge in [-0.3, -0.25) is 9.59 Å². The van der Waals surface area contributed by atoms with Crippen LogP contribution in [0.1, 0.15) is 37.8 Å². The second-order valence-electron chi connectivity index (χ2n) is 8.92. The topological polar surface area (TPSA) is 58.6 Å². The maximum absolute atomic E-state index is 13.5. The minimum absolute atomic E-state index is 0.0775. The van der Waals surface area contributed by atoms with Crippen molar-refractivity contribution in [2.45, 2.75) is 51.7 Å². The van der Waals surface area contributed by atoms with Crippen molar-refractivity contribution >= 4 is 23.4 Å². The third-order valence-corrected chi connectivity index (χ3v) is 5.84. The summed E-state index contributed by atoms with van der Waals surface area (Å²) in [6, 6.07) is 21.8. The number of carbonyl (C=O) groups excluding carboxylic acids is 2. The van der Waals surface area contributed by atoms with E-state index in [4.69, 9.17) is 16.3 Å². The van der Waals surface area contributed by atoms with Crippen LogP contribution in [0.25, 0.3) is 0 Å². The Kier molecular flexibility index (Phi) is 10.3. The second kappa shape index (κ2) is 13.6. The van der Waals surface area contributed by atoms with E-state index in [-0.39, 0.29) is 36.6 Å². The summed E-state index contributed by atoms with van der Waals surface area (Å²) in [5.41, 5.74) is 1.70. The molecule has 0 saturated carbocycles. The quantitative estimate of drug-likeness (QED) is 0.313. The highest BCUT2D eigenvalue weighted by Gasteiger charge is 2.30. The fourth-order valence-electron chi connectivity index (χ4n) is 3.81. The molecule has 190 valence electrons. The maximum atomic E-state index is 13.5. The van der Waals surface area contributed by atoms with Crippen LogP contribution in [-0.4, -0.2) is 35.4 Å². The van der Waals surface area contributed by atoms with E-state index in [1.54, 1.807) is 41.3 Å². The van der Waals surface area contributed by atoms with E-state index in [0.29, 0.717) is 30.2 Å². The number of nitrogens with one attached hydrogen (secondary N) is 1. The molecule has 36 heavy (non-hydrogen) atoms. The Bertz CT molecular complexity index is 1110. The van der Waals surface area contributed by atoms with Gasteiger partial charge in [0, 0.05) is 30.5 Å². The van der Waals surface area contributed by atoms with Crippen LogP contribution in [0.4, 0.5) is 4.39 Å². The number of ether oxygens (including phenoxy) is 1. The Hall–Kier alpha value is -3.38. The lowest BCUT2D eigenvalue weighted by Crippen LogP contribution is -2.51. The zero-order valence-electron chi connectivity index (χ0n) is 20.6. The van der Waals surface area contributed by atoms with Gasteiger partial charge in [-0.15, -0.1) is 0 Å². The molecule has 0 aliphatic carbocycles. The molecule has 0 heterocycles. The second-order valence-corrected chi connectivity index (χ2v) is 9.36. The molecule has 0 saturated heterocycles. The summed E-state index contributed by atoms with van der Waals surface area (Å²) in [5, 5.41) is 3.58. The Morgan fingerprint density at radius 3 is 2.25 bits per heavy atom. The number of rotatable bonds is 12. The number of halogens is 2. The molecule has 1 atom stereocenters. The van der Waals surface area contributed by atoms with Crippen LogP contribution in [-0.2, 0) is 22.6 Å². The highest BCUT2D eigenvalue weighted by atomic mass is 35.5. The van der Waals surface area contributed by atoms with Crippen LogP contribution < -0.4 is 10.1 Å². The van der Waals surface area contributed by atoms with Crippen LogP contribution in [0.15, 0.2) is 78.9 Å². The Labute approximate surface area is 217 Å². The van der Waals surface area contributed by atoms with E-state index in [1.165, 1.54) is 12.1 Å². The number of benzene rings is 3. The summed E-state index contributed by atoms with van der Waals surface area (Å²) in [5.74, 6) is -0.0664. The minimum atomic E-state index is -0.718. The first-order chi connectivity index (χ1) is 17.3. The lowest BCUT2D eigenvalue weighted by atomic mass is 10.0. The average Bonchev–Trinajstić information content (AvgIpc) is 2.86. The molecule has 0 bridgehead atoms. The van der Waals surface area contributed by atoms with E-state index >= 15 is 0 Å². The van der Waals surface area contributed by atoms with Gasteiger partial charge in [-0.2, -0.15) is 0 Å². The standard InChI is InChI=1S/C29H32ClFN2O3/c1-21(2)32-29(35)27(19-22-7-4-3-5-8-22)33(20-23-10-14-25(31)15-11-23)28(34)9-6-18-36-26-16-12-24(30)13-17-26/h3-5,7-8,10-17,21,27H,6,9,18-20H2,1-2H3,(H,32,35)/t27-/m0/s1. The first-order valence-corrected chi connectivity index (χ1v) is 12.5. The first kappa shape index (κ1) is 27.2. The van der Waals surface area contributed by atoms with Gasteiger partial charge in [0.05, 0.1) is 6.61 Å². The largest absolute Gasteiger partial charge is 0.494 e. The Morgan fingerprint density at radius 1 is 0.944 bits per heavy atom. The van der Waals surface area contributed by atoms with Crippen molar-refractivity contribution in [3.8, 4) is 5.75 Å². The Morgan fingerprint density at radius 2 is 1.61 bits per heavy atom. The third kappa shape index (κ3) is 8.68. The summed E-state index contributed by atoms with van der Waals surface area (Å²) >= 11 is 5.91. The SMILES string of the molecule is CC(C)NC(=O)[C@H](Cc1ccccc1)N(Cc1ccc(F)cc1)C(=O)CCCOc1ccc(Cl)cc1. The molecular weight excluding hydrogens is 479 g/mol. The molecule has 2 amide bonds. The lowest BCUT2D eigenvalue weighted by Gasteiger charge is -2.32. The average molecular weight is 511 g/mol. The van der Waals surface area contributed by atoms with Crippen molar-refractivity contribution in [2.24, 2.45) is 0 Å². The number of hydrogen-bond acceptors (Lipinski definition) is 3. The van der Waals surface area contributed by atoms with E-state index < -0.39 is 6.04 Å². The van der Waals surface area contributed by atoms with Crippen molar-refractivity contribution in [1.29, 1.82) is 0 Å². The highest BCUT2D eigenvalue weighted by molar-refractivity contribution is 6.30. The van der Waals surface area contributed by atoms with Crippen molar-refractivity contribution in [3.05, 3.63) is 101 Å². The normalized spacial score (nSPS) is 11.7. The molecule has 0 aromatic heterocycles. The molecule has 3 rings (SSSR count). The maximum Gasteiger partial charge on any atom is 0.243 e. The van der Waals surface area contributed by atoms with E-state index in [9.17, 15) is 14.0 Å². The zero-order chi connectivity index (χ0) is 25.9. The Balaban J connectivity index is 1.77. The van der Waals surface area contributed by atoms with Gasteiger partial charge in [0.25, 0.3) is 0 Å². The summed E-state index contributed by atoms with van der Waals surface area (Å²) < 4.78 is 19.2. The van der Waals surface area contributed by atoms with Crippen molar-refractivity contribution in [2.75, 3.05) is 6.61 Å². The fraction of sp³-hybridized carbons (Fsp3) is 0.310. The smallest absolute Gasteiger partial charge is 0.243 e. The lowest BCUT2D eigenvalue weighted by molar-refractivity contribution is -0.141. The van der Waals surface area contributed by atoms with Gasteiger partial charge in [-0.25, -0.2) is 4.39 Å². The molecule has 0 radical (unpaired) electrons.